The lowest BCUT2D eigenvalue weighted by atomic mass is 9.93. The molecule has 2 aromatic rings. The highest BCUT2D eigenvalue weighted by molar-refractivity contribution is 6.42. The van der Waals surface area contributed by atoms with Gasteiger partial charge in [-0.3, -0.25) is 0 Å². The van der Waals surface area contributed by atoms with Crippen molar-refractivity contribution in [3.05, 3.63) is 68.4 Å². The number of aryl methyl sites for hydroxylation is 2. The van der Waals surface area contributed by atoms with E-state index in [1.54, 1.807) is 18.2 Å². The maximum absolute atomic E-state index is 14.5. The summed E-state index contributed by atoms with van der Waals surface area (Å²) in [6.07, 6.45) is 0. The Kier molecular flexibility index (Phi) is 5.26. The van der Waals surface area contributed by atoms with Crippen molar-refractivity contribution < 1.29 is 4.39 Å². The van der Waals surface area contributed by atoms with E-state index in [0.717, 1.165) is 23.2 Å². The van der Waals surface area contributed by atoms with E-state index >= 15 is 0 Å². The molecule has 0 aliphatic rings. The van der Waals surface area contributed by atoms with E-state index in [1.165, 1.54) is 0 Å². The Balaban J connectivity index is 2.55. The van der Waals surface area contributed by atoms with Crippen molar-refractivity contribution in [2.45, 2.75) is 26.8 Å². The average Bonchev–Trinajstić information content (AvgIpc) is 2.40. The monoisotopic (exact) mass is 325 g/mol. The Morgan fingerprint density at radius 1 is 1.10 bits per heavy atom. The zero-order chi connectivity index (χ0) is 15.6. The van der Waals surface area contributed by atoms with Crippen molar-refractivity contribution in [3.8, 4) is 0 Å². The van der Waals surface area contributed by atoms with Gasteiger partial charge in [-0.1, -0.05) is 42.3 Å². The third-order valence-electron chi connectivity index (χ3n) is 3.45. The van der Waals surface area contributed by atoms with Crippen LogP contribution in [0.1, 0.15) is 35.2 Å². The minimum atomic E-state index is -0.245. The molecule has 4 heteroatoms. The molecule has 1 unspecified atom stereocenters. The lowest BCUT2D eigenvalue weighted by molar-refractivity contribution is 0.555. The van der Waals surface area contributed by atoms with Crippen LogP contribution in [0.25, 0.3) is 0 Å². The topological polar surface area (TPSA) is 12.0 Å². The van der Waals surface area contributed by atoms with Gasteiger partial charge in [0.2, 0.25) is 0 Å². The minimum Gasteiger partial charge on any atom is -0.306 e. The van der Waals surface area contributed by atoms with Gasteiger partial charge in [0, 0.05) is 5.56 Å². The molecule has 0 fully saturated rings. The summed E-state index contributed by atoms with van der Waals surface area (Å²) in [5.74, 6) is -0.204. The van der Waals surface area contributed by atoms with Crippen LogP contribution in [0.5, 0.6) is 0 Å². The van der Waals surface area contributed by atoms with Crippen molar-refractivity contribution in [1.29, 1.82) is 0 Å². The van der Waals surface area contributed by atoms with E-state index in [2.05, 4.69) is 5.32 Å². The SMILES string of the molecule is CCNC(c1ccc(Cl)c(Cl)c1)c1c(C)cc(C)cc1F. The molecule has 1 N–H and O–H groups in total. The van der Waals surface area contributed by atoms with Gasteiger partial charge in [0.25, 0.3) is 0 Å². The summed E-state index contributed by atoms with van der Waals surface area (Å²) in [5.41, 5.74) is 3.39. The molecule has 0 saturated heterocycles. The van der Waals surface area contributed by atoms with Crippen molar-refractivity contribution in [3.63, 3.8) is 0 Å². The number of benzene rings is 2. The van der Waals surface area contributed by atoms with Gasteiger partial charge >= 0.3 is 0 Å². The van der Waals surface area contributed by atoms with E-state index in [1.807, 2.05) is 32.9 Å². The number of rotatable bonds is 4. The van der Waals surface area contributed by atoms with Gasteiger partial charge in [-0.05, 0) is 55.3 Å². The molecule has 0 bridgehead atoms. The van der Waals surface area contributed by atoms with Crippen LogP contribution in [0.4, 0.5) is 4.39 Å². The molecule has 0 radical (unpaired) electrons. The third kappa shape index (κ3) is 3.57. The van der Waals surface area contributed by atoms with E-state index in [0.29, 0.717) is 15.6 Å². The van der Waals surface area contributed by atoms with Crippen molar-refractivity contribution in [2.24, 2.45) is 0 Å². The second-order valence-electron chi connectivity index (χ2n) is 5.14. The van der Waals surface area contributed by atoms with Crippen LogP contribution in [0.2, 0.25) is 10.0 Å². The zero-order valence-electron chi connectivity index (χ0n) is 12.3. The predicted molar refractivity (Wildman–Crippen MR) is 87.9 cm³/mol. The van der Waals surface area contributed by atoms with Crippen molar-refractivity contribution in [1.82, 2.24) is 5.32 Å². The fourth-order valence-corrected chi connectivity index (χ4v) is 2.88. The normalized spacial score (nSPS) is 12.5. The molecule has 21 heavy (non-hydrogen) atoms. The molecule has 1 atom stereocenters. The van der Waals surface area contributed by atoms with Gasteiger partial charge < -0.3 is 5.32 Å². The van der Waals surface area contributed by atoms with E-state index in [4.69, 9.17) is 23.2 Å². The summed E-state index contributed by atoms with van der Waals surface area (Å²) in [6, 6.07) is 8.71. The van der Waals surface area contributed by atoms with E-state index in [-0.39, 0.29) is 11.9 Å². The molecular formula is C17H18Cl2FN. The molecule has 0 aromatic heterocycles. The number of hydrogen-bond donors (Lipinski definition) is 1. The Morgan fingerprint density at radius 2 is 1.81 bits per heavy atom. The number of nitrogens with one attached hydrogen (secondary N) is 1. The fourth-order valence-electron chi connectivity index (χ4n) is 2.58. The zero-order valence-corrected chi connectivity index (χ0v) is 13.8. The van der Waals surface area contributed by atoms with Crippen LogP contribution in [-0.4, -0.2) is 6.54 Å². The second-order valence-corrected chi connectivity index (χ2v) is 5.96. The van der Waals surface area contributed by atoms with Crippen LogP contribution in [0.15, 0.2) is 30.3 Å². The summed E-state index contributed by atoms with van der Waals surface area (Å²) in [7, 11) is 0. The molecule has 1 nitrogen and oxygen atoms in total. The molecule has 112 valence electrons. The highest BCUT2D eigenvalue weighted by atomic mass is 35.5. The molecule has 0 amide bonds. The first-order valence-electron chi connectivity index (χ1n) is 6.89. The first-order valence-corrected chi connectivity index (χ1v) is 7.64. The Labute approximate surface area is 135 Å². The Hall–Kier alpha value is -1.09. The van der Waals surface area contributed by atoms with Crippen molar-refractivity contribution >= 4 is 23.2 Å². The van der Waals surface area contributed by atoms with Crippen LogP contribution in [-0.2, 0) is 0 Å². The molecule has 0 aliphatic heterocycles. The van der Waals surface area contributed by atoms with Crippen LogP contribution < -0.4 is 5.32 Å². The van der Waals surface area contributed by atoms with Gasteiger partial charge in [0.15, 0.2) is 0 Å². The Bertz CT molecular complexity index is 632. The smallest absolute Gasteiger partial charge is 0.128 e. The van der Waals surface area contributed by atoms with Gasteiger partial charge in [-0.15, -0.1) is 0 Å². The summed E-state index contributed by atoms with van der Waals surface area (Å²) >= 11 is 12.1. The molecule has 0 spiro atoms. The standard InChI is InChI=1S/C17H18Cl2FN/c1-4-21-17(12-5-6-13(18)14(19)9-12)16-11(3)7-10(2)8-15(16)20/h5-9,17,21H,4H2,1-3H3. The first kappa shape index (κ1) is 16.3. The Morgan fingerprint density at radius 3 is 2.38 bits per heavy atom. The minimum absolute atomic E-state index is 0.204. The maximum Gasteiger partial charge on any atom is 0.128 e. The maximum atomic E-state index is 14.5. The van der Waals surface area contributed by atoms with Crippen molar-refractivity contribution in [2.75, 3.05) is 6.54 Å². The van der Waals surface area contributed by atoms with Crippen LogP contribution >= 0.6 is 23.2 Å². The average molecular weight is 326 g/mol. The summed E-state index contributed by atoms with van der Waals surface area (Å²) in [6.45, 7) is 6.53. The van der Waals surface area contributed by atoms with Gasteiger partial charge in [-0.2, -0.15) is 0 Å². The van der Waals surface area contributed by atoms with Gasteiger partial charge in [0.05, 0.1) is 16.1 Å². The molecule has 2 rings (SSSR count). The summed E-state index contributed by atoms with van der Waals surface area (Å²) < 4.78 is 14.5. The highest BCUT2D eigenvalue weighted by Crippen LogP contribution is 2.32. The van der Waals surface area contributed by atoms with Crippen LogP contribution in [0, 0.1) is 19.7 Å². The third-order valence-corrected chi connectivity index (χ3v) is 4.19. The molecule has 0 heterocycles. The summed E-state index contributed by atoms with van der Waals surface area (Å²) in [4.78, 5) is 0. The van der Waals surface area contributed by atoms with E-state index in [9.17, 15) is 4.39 Å². The van der Waals surface area contributed by atoms with Crippen LogP contribution in [0.3, 0.4) is 0 Å². The second kappa shape index (κ2) is 6.78. The van der Waals surface area contributed by atoms with E-state index < -0.39 is 0 Å². The summed E-state index contributed by atoms with van der Waals surface area (Å²) in [5, 5.41) is 4.29. The highest BCUT2D eigenvalue weighted by Gasteiger charge is 2.20. The number of hydrogen-bond acceptors (Lipinski definition) is 1. The van der Waals surface area contributed by atoms with Gasteiger partial charge in [0.1, 0.15) is 5.82 Å². The quantitative estimate of drug-likeness (QED) is 0.788. The fraction of sp³-hybridized carbons (Fsp3) is 0.294. The molecular weight excluding hydrogens is 308 g/mol. The molecule has 0 aliphatic carbocycles. The first-order chi connectivity index (χ1) is 9.93. The largest absolute Gasteiger partial charge is 0.306 e. The van der Waals surface area contributed by atoms with Gasteiger partial charge in [-0.25, -0.2) is 4.39 Å². The number of halogens is 3. The lowest BCUT2D eigenvalue weighted by Crippen LogP contribution is -2.24. The molecule has 0 saturated carbocycles. The molecule has 2 aromatic carbocycles. The predicted octanol–water partition coefficient (Wildman–Crippen LogP) is 5.45. The lowest BCUT2D eigenvalue weighted by Gasteiger charge is -2.22.